The summed E-state index contributed by atoms with van der Waals surface area (Å²) in [6, 6.07) is 4.48. The Bertz CT molecular complexity index is 437. The highest BCUT2D eigenvalue weighted by Crippen LogP contribution is 2.16. The topological polar surface area (TPSA) is 41.1 Å². The fourth-order valence-electron chi connectivity index (χ4n) is 2.07. The minimum atomic E-state index is -0.440. The molecule has 6 heteroatoms. The van der Waals surface area contributed by atoms with Crippen LogP contribution in [-0.4, -0.2) is 19.0 Å². The van der Waals surface area contributed by atoms with E-state index in [1.807, 2.05) is 0 Å². The Morgan fingerprint density at radius 2 is 2.11 bits per heavy atom. The number of rotatable bonds is 3. The summed E-state index contributed by atoms with van der Waals surface area (Å²) >= 11 is 5.68. The molecule has 106 valence electrons. The molecule has 1 fully saturated rings. The summed E-state index contributed by atoms with van der Waals surface area (Å²) in [7, 11) is 0. The SMILES string of the molecule is Cl.O=C(NCc1ccc(F)c(Cl)c1)C1CCNCC1. The number of nitrogens with one attached hydrogen (secondary N) is 2. The molecule has 0 aromatic heterocycles. The van der Waals surface area contributed by atoms with Crippen molar-refractivity contribution >= 4 is 29.9 Å². The first-order valence-corrected chi connectivity index (χ1v) is 6.47. The van der Waals surface area contributed by atoms with Crippen molar-refractivity contribution in [2.45, 2.75) is 19.4 Å². The van der Waals surface area contributed by atoms with Gasteiger partial charge >= 0.3 is 0 Å². The molecular formula is C13H17Cl2FN2O. The standard InChI is InChI=1S/C13H16ClFN2O.ClH/c14-11-7-9(1-2-12(11)15)8-17-13(18)10-3-5-16-6-4-10;/h1-2,7,10,16H,3-6,8H2,(H,17,18);1H. The Morgan fingerprint density at radius 3 is 2.74 bits per heavy atom. The van der Waals surface area contributed by atoms with Gasteiger partial charge in [-0.05, 0) is 43.6 Å². The lowest BCUT2D eigenvalue weighted by molar-refractivity contribution is -0.125. The van der Waals surface area contributed by atoms with E-state index in [4.69, 9.17) is 11.6 Å². The second-order valence-corrected chi connectivity index (χ2v) is 4.90. The number of carbonyl (C=O) groups excluding carboxylic acids is 1. The van der Waals surface area contributed by atoms with Gasteiger partial charge in [0.25, 0.3) is 0 Å². The lowest BCUT2D eigenvalue weighted by Gasteiger charge is -2.21. The van der Waals surface area contributed by atoms with Crippen LogP contribution < -0.4 is 10.6 Å². The number of amides is 1. The van der Waals surface area contributed by atoms with E-state index in [9.17, 15) is 9.18 Å². The molecule has 2 rings (SSSR count). The number of piperidine rings is 1. The van der Waals surface area contributed by atoms with Gasteiger partial charge in [-0.2, -0.15) is 0 Å². The van der Waals surface area contributed by atoms with Crippen LogP contribution >= 0.6 is 24.0 Å². The molecule has 0 bridgehead atoms. The number of benzene rings is 1. The molecule has 1 aromatic rings. The molecule has 1 aliphatic heterocycles. The molecule has 3 nitrogen and oxygen atoms in total. The van der Waals surface area contributed by atoms with Crippen LogP contribution in [0, 0.1) is 11.7 Å². The largest absolute Gasteiger partial charge is 0.352 e. The summed E-state index contributed by atoms with van der Waals surface area (Å²) < 4.78 is 13.0. The third-order valence-corrected chi connectivity index (χ3v) is 3.45. The van der Waals surface area contributed by atoms with E-state index in [2.05, 4.69) is 10.6 Å². The zero-order valence-electron chi connectivity index (χ0n) is 10.4. The maximum atomic E-state index is 13.0. The van der Waals surface area contributed by atoms with E-state index in [0.717, 1.165) is 31.5 Å². The highest BCUT2D eigenvalue weighted by Gasteiger charge is 2.20. The van der Waals surface area contributed by atoms with Crippen LogP contribution in [0.2, 0.25) is 5.02 Å². The van der Waals surface area contributed by atoms with Gasteiger partial charge in [0.05, 0.1) is 5.02 Å². The van der Waals surface area contributed by atoms with Gasteiger partial charge in [-0.1, -0.05) is 17.7 Å². The fraction of sp³-hybridized carbons (Fsp3) is 0.462. The van der Waals surface area contributed by atoms with Crippen LogP contribution in [0.25, 0.3) is 0 Å². The van der Waals surface area contributed by atoms with Crippen molar-refractivity contribution in [3.05, 3.63) is 34.6 Å². The van der Waals surface area contributed by atoms with Crippen LogP contribution in [0.5, 0.6) is 0 Å². The predicted molar refractivity (Wildman–Crippen MR) is 76.1 cm³/mol. The van der Waals surface area contributed by atoms with Crippen molar-refractivity contribution in [1.82, 2.24) is 10.6 Å². The number of halogens is 3. The van der Waals surface area contributed by atoms with Crippen molar-refractivity contribution in [2.24, 2.45) is 5.92 Å². The molecule has 0 aliphatic carbocycles. The van der Waals surface area contributed by atoms with Crippen LogP contribution in [0.3, 0.4) is 0 Å². The zero-order valence-corrected chi connectivity index (χ0v) is 12.0. The molecule has 0 saturated carbocycles. The quantitative estimate of drug-likeness (QED) is 0.901. The van der Waals surface area contributed by atoms with Gasteiger partial charge in [0.1, 0.15) is 5.82 Å². The summed E-state index contributed by atoms with van der Waals surface area (Å²) in [4.78, 5) is 11.9. The Morgan fingerprint density at radius 1 is 1.42 bits per heavy atom. The van der Waals surface area contributed by atoms with Gasteiger partial charge in [0, 0.05) is 12.5 Å². The Kier molecular flexibility index (Phi) is 6.55. The summed E-state index contributed by atoms with van der Waals surface area (Å²) in [6.07, 6.45) is 1.74. The van der Waals surface area contributed by atoms with E-state index in [0.29, 0.717) is 6.54 Å². The molecule has 19 heavy (non-hydrogen) atoms. The van der Waals surface area contributed by atoms with Crippen molar-refractivity contribution in [3.8, 4) is 0 Å². The maximum absolute atomic E-state index is 13.0. The highest BCUT2D eigenvalue weighted by molar-refractivity contribution is 6.30. The van der Waals surface area contributed by atoms with Gasteiger partial charge in [-0.3, -0.25) is 4.79 Å². The number of hydrogen-bond acceptors (Lipinski definition) is 2. The third-order valence-electron chi connectivity index (χ3n) is 3.16. The van der Waals surface area contributed by atoms with E-state index in [1.54, 1.807) is 12.1 Å². The van der Waals surface area contributed by atoms with Gasteiger partial charge in [-0.25, -0.2) is 4.39 Å². The summed E-state index contributed by atoms with van der Waals surface area (Å²) in [5, 5.41) is 6.17. The second kappa shape index (κ2) is 7.68. The maximum Gasteiger partial charge on any atom is 0.223 e. The van der Waals surface area contributed by atoms with Crippen molar-refractivity contribution in [1.29, 1.82) is 0 Å². The van der Waals surface area contributed by atoms with Gasteiger partial charge in [0.15, 0.2) is 0 Å². The third kappa shape index (κ3) is 4.64. The first-order chi connectivity index (χ1) is 8.66. The Hall–Kier alpha value is -0.840. The van der Waals surface area contributed by atoms with E-state index in [1.165, 1.54) is 6.07 Å². The molecule has 1 amide bonds. The minimum absolute atomic E-state index is 0. The molecule has 0 unspecified atom stereocenters. The van der Waals surface area contributed by atoms with Gasteiger partial charge < -0.3 is 10.6 Å². The lowest BCUT2D eigenvalue weighted by Crippen LogP contribution is -2.37. The fourth-order valence-corrected chi connectivity index (χ4v) is 2.27. The molecule has 1 heterocycles. The molecule has 2 N–H and O–H groups in total. The molecule has 1 aromatic carbocycles. The van der Waals surface area contributed by atoms with Crippen molar-refractivity contribution in [2.75, 3.05) is 13.1 Å². The average molecular weight is 307 g/mol. The molecule has 0 spiro atoms. The van der Waals surface area contributed by atoms with Crippen molar-refractivity contribution in [3.63, 3.8) is 0 Å². The predicted octanol–water partition coefficient (Wildman–Crippen LogP) is 2.52. The normalized spacial score (nSPS) is 15.7. The minimum Gasteiger partial charge on any atom is -0.352 e. The monoisotopic (exact) mass is 306 g/mol. The Balaban J connectivity index is 0.00000180. The second-order valence-electron chi connectivity index (χ2n) is 4.49. The first-order valence-electron chi connectivity index (χ1n) is 6.09. The molecule has 0 atom stereocenters. The van der Waals surface area contributed by atoms with E-state index >= 15 is 0 Å². The molecular weight excluding hydrogens is 290 g/mol. The van der Waals surface area contributed by atoms with Crippen molar-refractivity contribution < 1.29 is 9.18 Å². The highest BCUT2D eigenvalue weighted by atomic mass is 35.5. The molecule has 1 saturated heterocycles. The first kappa shape index (κ1) is 16.2. The van der Waals surface area contributed by atoms with E-state index in [-0.39, 0.29) is 29.3 Å². The molecule has 1 aliphatic rings. The summed E-state index contributed by atoms with van der Waals surface area (Å²) in [5.74, 6) is -0.288. The zero-order chi connectivity index (χ0) is 13.0. The number of hydrogen-bond donors (Lipinski definition) is 2. The Labute approximate surface area is 123 Å². The molecule has 0 radical (unpaired) electrons. The van der Waals surface area contributed by atoms with Crippen LogP contribution in [0.4, 0.5) is 4.39 Å². The lowest BCUT2D eigenvalue weighted by atomic mass is 9.97. The average Bonchev–Trinajstić information content (AvgIpc) is 2.41. The van der Waals surface area contributed by atoms with E-state index < -0.39 is 5.82 Å². The summed E-state index contributed by atoms with van der Waals surface area (Å²) in [5.41, 5.74) is 0.809. The van der Waals surface area contributed by atoms with Crippen LogP contribution in [-0.2, 0) is 11.3 Å². The number of carbonyl (C=O) groups is 1. The van der Waals surface area contributed by atoms with Crippen LogP contribution in [0.15, 0.2) is 18.2 Å². The van der Waals surface area contributed by atoms with Gasteiger partial charge in [0.2, 0.25) is 5.91 Å². The van der Waals surface area contributed by atoms with Gasteiger partial charge in [-0.15, -0.1) is 12.4 Å². The van der Waals surface area contributed by atoms with Crippen LogP contribution in [0.1, 0.15) is 18.4 Å². The smallest absolute Gasteiger partial charge is 0.223 e. The summed E-state index contributed by atoms with van der Waals surface area (Å²) in [6.45, 7) is 2.17.